The standard InChI is InChI=1S/C42H48Cl2N10O3S.C4H11N.CH2O/c1-27(39-34(43)20-47-21-35(39)44)57-31-7-9-36-33(18-31)40(51-50-36)30-6-10-38(48-19-30)53-22-42(23-53)24-54(25-42)58(56)16-4-3-13-52-14-11-28(12-15-52)29-5-8-32(37(17-29)46-2)41(45)49-26-55;1-3-4-5-2;1-2/h5-10,17-21,26-28,46H,3-4,11-16,22-25H2,1-2H3,(H,50,51)(H2,45,49,55);5H,3-4H2,1-2H3;1H2/t27-,58?;;/m1../s1. The summed E-state index contributed by atoms with van der Waals surface area (Å²) in [4.78, 5) is 36.2. The number of carbonyl (C=O) groups is 2. The highest BCUT2D eigenvalue weighted by Crippen LogP contribution is 2.43. The number of nitrogens with two attached hydrogens (primary N) is 1. The van der Waals surface area contributed by atoms with Crippen LogP contribution in [0.3, 0.4) is 0 Å². The summed E-state index contributed by atoms with van der Waals surface area (Å²) in [5.41, 5.74) is 12.4. The zero-order chi connectivity index (χ0) is 46.5. The number of carbonyl (C=O) groups excluding carboxylic acids is 2. The molecule has 3 aliphatic heterocycles. The van der Waals surface area contributed by atoms with Crippen LogP contribution in [0.15, 0.2) is 72.1 Å². The fraction of sp³-hybridized carbons (Fsp3) is 0.447. The van der Waals surface area contributed by atoms with E-state index >= 15 is 0 Å². The van der Waals surface area contributed by atoms with Gasteiger partial charge in [-0.3, -0.25) is 14.9 Å². The predicted octanol–water partition coefficient (Wildman–Crippen LogP) is 7.25. The number of rotatable bonds is 17. The molecule has 18 heteroatoms. The Hall–Kier alpha value is -4.97. The van der Waals surface area contributed by atoms with Gasteiger partial charge in [-0.05, 0) is 126 Å². The Morgan fingerprint density at radius 3 is 2.42 bits per heavy atom. The zero-order valence-corrected chi connectivity index (χ0v) is 40.0. The molecular formula is C47H61Cl2N11O4S. The Morgan fingerprint density at radius 1 is 1.05 bits per heavy atom. The van der Waals surface area contributed by atoms with Crippen molar-refractivity contribution in [2.75, 3.05) is 82.4 Å². The minimum Gasteiger partial charge on any atom is -0.486 e. The molecule has 1 amide bonds. The number of unbranched alkanes of at least 4 members (excludes halogenated alkanes) is 1. The molecule has 65 heavy (non-hydrogen) atoms. The predicted molar refractivity (Wildman–Crippen MR) is 264 cm³/mol. The Labute approximate surface area is 394 Å². The molecule has 2 aromatic carbocycles. The first-order valence-corrected chi connectivity index (χ1v) is 24.1. The minimum absolute atomic E-state index is 0.195. The van der Waals surface area contributed by atoms with Gasteiger partial charge in [0.1, 0.15) is 36.0 Å². The second-order valence-electron chi connectivity index (χ2n) is 16.7. The fourth-order valence-electron chi connectivity index (χ4n) is 8.85. The molecule has 0 saturated carbocycles. The van der Waals surface area contributed by atoms with E-state index in [0.29, 0.717) is 33.7 Å². The number of piperidine rings is 1. The number of aromatic nitrogens is 4. The third-order valence-corrected chi connectivity index (χ3v) is 14.3. The van der Waals surface area contributed by atoms with Crippen molar-refractivity contribution in [1.82, 2.24) is 34.7 Å². The lowest BCUT2D eigenvalue weighted by molar-refractivity contribution is -0.106. The first kappa shape index (κ1) is 49.5. The molecule has 1 unspecified atom stereocenters. The Morgan fingerprint density at radius 2 is 1.78 bits per heavy atom. The second-order valence-corrected chi connectivity index (χ2v) is 19.1. The molecule has 0 radical (unpaired) electrons. The summed E-state index contributed by atoms with van der Waals surface area (Å²) < 4.78 is 21.5. The third kappa shape index (κ3) is 12.1. The topological polar surface area (TPSA) is 187 Å². The van der Waals surface area contributed by atoms with Crippen molar-refractivity contribution in [1.29, 1.82) is 0 Å². The molecule has 5 aromatic rings. The first-order chi connectivity index (χ1) is 31.5. The van der Waals surface area contributed by atoms with Crippen molar-refractivity contribution in [2.24, 2.45) is 16.1 Å². The van der Waals surface area contributed by atoms with Crippen LogP contribution in [0.5, 0.6) is 5.75 Å². The Bertz CT molecular complexity index is 2380. The van der Waals surface area contributed by atoms with Gasteiger partial charge in [-0.15, -0.1) is 0 Å². The second kappa shape index (κ2) is 23.5. The van der Waals surface area contributed by atoms with Crippen molar-refractivity contribution in [3.63, 3.8) is 0 Å². The number of ether oxygens (including phenoxy) is 1. The average Bonchev–Trinajstić information content (AvgIpc) is 3.71. The van der Waals surface area contributed by atoms with Crippen molar-refractivity contribution in [2.45, 2.75) is 58.0 Å². The lowest BCUT2D eigenvalue weighted by Crippen LogP contribution is -2.72. The maximum atomic E-state index is 13.1. The maximum Gasteiger partial charge on any atom is 0.234 e. The quantitative estimate of drug-likeness (QED) is 0.0317. The average molecular weight is 947 g/mol. The zero-order valence-electron chi connectivity index (χ0n) is 37.7. The molecule has 0 bridgehead atoms. The van der Waals surface area contributed by atoms with Gasteiger partial charge in [0, 0.05) is 90.7 Å². The van der Waals surface area contributed by atoms with E-state index in [1.54, 1.807) is 12.4 Å². The summed E-state index contributed by atoms with van der Waals surface area (Å²) in [6, 6.07) is 16.1. The van der Waals surface area contributed by atoms with E-state index in [-0.39, 0.29) is 17.4 Å². The molecule has 3 fully saturated rings. The van der Waals surface area contributed by atoms with E-state index in [2.05, 4.69) is 76.1 Å². The number of halogens is 2. The number of likely N-dealkylation sites (tertiary alicyclic amines) is 1. The monoisotopic (exact) mass is 945 g/mol. The molecule has 0 aliphatic carbocycles. The number of benzene rings is 2. The van der Waals surface area contributed by atoms with Gasteiger partial charge >= 0.3 is 0 Å². The molecular weight excluding hydrogens is 886 g/mol. The highest BCUT2D eigenvalue weighted by Gasteiger charge is 2.53. The third-order valence-electron chi connectivity index (χ3n) is 12.2. The molecule has 348 valence electrons. The van der Waals surface area contributed by atoms with Gasteiger partial charge in [-0.25, -0.2) is 13.5 Å². The molecule has 3 aromatic heterocycles. The lowest BCUT2D eigenvalue weighted by Gasteiger charge is -2.59. The van der Waals surface area contributed by atoms with Crippen molar-refractivity contribution in [3.8, 4) is 17.0 Å². The van der Waals surface area contributed by atoms with E-state index in [1.807, 2.05) is 58.3 Å². The van der Waals surface area contributed by atoms with Crippen LogP contribution in [0.1, 0.15) is 74.7 Å². The number of amides is 1. The van der Waals surface area contributed by atoms with E-state index < -0.39 is 11.0 Å². The molecule has 15 nitrogen and oxygen atoms in total. The number of nitrogens with zero attached hydrogens (tertiary/aromatic N) is 7. The summed E-state index contributed by atoms with van der Waals surface area (Å²) in [6.45, 7) is 13.9. The summed E-state index contributed by atoms with van der Waals surface area (Å²) in [7, 11) is 2.88. The number of aliphatic imine (C=N–C) groups is 1. The van der Waals surface area contributed by atoms with Crippen LogP contribution in [0, 0.1) is 5.41 Å². The number of hydrogen-bond donors (Lipinski definition) is 4. The van der Waals surface area contributed by atoms with E-state index in [4.69, 9.17) is 43.5 Å². The van der Waals surface area contributed by atoms with Crippen molar-refractivity contribution in [3.05, 3.63) is 93.9 Å². The van der Waals surface area contributed by atoms with E-state index in [9.17, 15) is 9.00 Å². The number of H-pyrrole nitrogens is 1. The van der Waals surface area contributed by atoms with Crippen molar-refractivity contribution < 1.29 is 18.5 Å². The molecule has 1 spiro atoms. The minimum atomic E-state index is -0.940. The van der Waals surface area contributed by atoms with Crippen LogP contribution in [0.4, 0.5) is 11.5 Å². The van der Waals surface area contributed by atoms with Gasteiger partial charge < -0.3 is 35.7 Å². The SMILES string of the molecule is C=O.CCCNC.CNc1cc(C2CCN(CCCCS(=O)N3CC4(CN(c5ccc(-c6n[nH]c7ccc(O[C@H](C)c8c(Cl)cncc8Cl)cc67)cn5)C4)C3)CC2)ccc1C(N)=NC=O. The molecule has 2 atom stereocenters. The summed E-state index contributed by atoms with van der Waals surface area (Å²) in [5.74, 6) is 3.03. The van der Waals surface area contributed by atoms with Crippen LogP contribution in [0.2, 0.25) is 10.0 Å². The Balaban J connectivity index is 0.000000937. The largest absolute Gasteiger partial charge is 0.486 e. The molecule has 3 aliphatic rings. The number of fused-ring (bicyclic) bond motifs is 1. The molecule has 6 heterocycles. The Kier molecular flexibility index (Phi) is 17.9. The van der Waals surface area contributed by atoms with Crippen LogP contribution in [-0.4, -0.2) is 125 Å². The first-order valence-electron chi connectivity index (χ1n) is 22.1. The van der Waals surface area contributed by atoms with Gasteiger partial charge in [0.2, 0.25) is 6.41 Å². The highest BCUT2D eigenvalue weighted by molar-refractivity contribution is 7.82. The maximum absolute atomic E-state index is 13.1. The highest BCUT2D eigenvalue weighted by atomic mass is 35.5. The molecule has 8 rings (SSSR count). The number of anilines is 2. The van der Waals surface area contributed by atoms with E-state index in [1.165, 1.54) is 12.0 Å². The number of aromatic amines is 1. The number of hydrogen-bond acceptors (Lipinski definition) is 11. The van der Waals surface area contributed by atoms with Crippen LogP contribution < -0.4 is 26.0 Å². The normalized spacial score (nSPS) is 17.2. The van der Waals surface area contributed by atoms with Crippen LogP contribution in [0.25, 0.3) is 22.2 Å². The van der Waals surface area contributed by atoms with Gasteiger partial charge in [0.05, 0.1) is 26.5 Å². The molecule has 3 saturated heterocycles. The fourth-order valence-corrected chi connectivity index (χ4v) is 11.1. The molecule has 5 N–H and O–H groups in total. The van der Waals surface area contributed by atoms with Gasteiger partial charge in [0.25, 0.3) is 0 Å². The summed E-state index contributed by atoms with van der Waals surface area (Å²) >= 11 is 12.7. The van der Waals surface area contributed by atoms with Gasteiger partial charge in [-0.1, -0.05) is 36.2 Å². The van der Waals surface area contributed by atoms with Gasteiger partial charge in [0.15, 0.2) is 0 Å². The van der Waals surface area contributed by atoms with Gasteiger partial charge in [-0.2, -0.15) is 10.1 Å². The smallest absolute Gasteiger partial charge is 0.234 e. The van der Waals surface area contributed by atoms with E-state index in [0.717, 1.165) is 123 Å². The number of pyridine rings is 2. The number of amidine groups is 1. The summed E-state index contributed by atoms with van der Waals surface area (Å²) in [6.07, 6.45) is 10.5. The summed E-state index contributed by atoms with van der Waals surface area (Å²) in [5, 5.41) is 15.8. The van der Waals surface area contributed by atoms with Crippen LogP contribution in [-0.2, 0) is 20.6 Å². The number of nitrogens with one attached hydrogen (secondary N) is 3. The lowest BCUT2D eigenvalue weighted by atomic mass is 9.74. The van der Waals surface area contributed by atoms with Crippen LogP contribution >= 0.6 is 23.2 Å². The van der Waals surface area contributed by atoms with Crippen molar-refractivity contribution >= 4 is 75.6 Å².